The van der Waals surface area contributed by atoms with E-state index >= 15 is 0 Å². The number of carbonyl (C=O) groups is 1. The Morgan fingerprint density at radius 2 is 2.24 bits per heavy atom. The second-order valence-electron chi connectivity index (χ2n) is 5.35. The van der Waals surface area contributed by atoms with Crippen LogP contribution in [0, 0.1) is 0 Å². The SMILES string of the molecule is CC1CN(C(=O)Cc2noc3ccccc23)CC(CO)O1. The van der Waals surface area contributed by atoms with Crippen molar-refractivity contribution in [3.63, 3.8) is 0 Å². The summed E-state index contributed by atoms with van der Waals surface area (Å²) < 4.78 is 10.8. The zero-order valence-corrected chi connectivity index (χ0v) is 11.9. The van der Waals surface area contributed by atoms with Crippen LogP contribution < -0.4 is 0 Å². The lowest BCUT2D eigenvalue weighted by Crippen LogP contribution is -2.50. The molecule has 112 valence electrons. The molecule has 0 aliphatic carbocycles. The molecule has 2 atom stereocenters. The Balaban J connectivity index is 1.74. The number of carbonyl (C=O) groups excluding carboxylic acids is 1. The molecular formula is C15H18N2O4. The van der Waals surface area contributed by atoms with E-state index in [1.165, 1.54) is 0 Å². The minimum absolute atomic E-state index is 0.0253. The van der Waals surface area contributed by atoms with Gasteiger partial charge in [-0.2, -0.15) is 0 Å². The molecule has 2 aromatic rings. The van der Waals surface area contributed by atoms with Crippen LogP contribution in [0.3, 0.4) is 0 Å². The topological polar surface area (TPSA) is 75.8 Å². The third kappa shape index (κ3) is 2.91. The summed E-state index contributed by atoms with van der Waals surface area (Å²) in [7, 11) is 0. The van der Waals surface area contributed by atoms with Gasteiger partial charge in [0.15, 0.2) is 5.58 Å². The largest absolute Gasteiger partial charge is 0.394 e. The molecule has 1 N–H and O–H groups in total. The Morgan fingerprint density at radius 1 is 1.43 bits per heavy atom. The molecule has 2 unspecified atom stereocenters. The molecule has 1 amide bonds. The molecule has 6 heteroatoms. The third-order valence-corrected chi connectivity index (χ3v) is 3.65. The first-order chi connectivity index (χ1) is 10.2. The first-order valence-electron chi connectivity index (χ1n) is 7.04. The number of hydrogen-bond acceptors (Lipinski definition) is 5. The second kappa shape index (κ2) is 5.83. The van der Waals surface area contributed by atoms with E-state index in [2.05, 4.69) is 5.16 Å². The summed E-state index contributed by atoms with van der Waals surface area (Å²) >= 11 is 0. The van der Waals surface area contributed by atoms with Gasteiger partial charge in [0.25, 0.3) is 0 Å². The molecule has 1 aromatic heterocycles. The summed E-state index contributed by atoms with van der Waals surface area (Å²) in [4.78, 5) is 14.1. The van der Waals surface area contributed by atoms with E-state index in [1.54, 1.807) is 4.90 Å². The fourth-order valence-electron chi connectivity index (χ4n) is 2.67. The standard InChI is InChI=1S/C15H18N2O4/c1-10-7-17(8-11(9-18)20-10)15(19)6-13-12-4-2-3-5-14(12)21-16-13/h2-5,10-11,18H,6-9H2,1H3. The summed E-state index contributed by atoms with van der Waals surface area (Å²) in [5, 5.41) is 14.1. The van der Waals surface area contributed by atoms with Crippen LogP contribution in [-0.2, 0) is 16.0 Å². The number of aliphatic hydroxyl groups excluding tert-OH is 1. The van der Waals surface area contributed by atoms with Crippen molar-refractivity contribution in [3.8, 4) is 0 Å². The maximum Gasteiger partial charge on any atom is 0.228 e. The van der Waals surface area contributed by atoms with Crippen LogP contribution in [0.15, 0.2) is 28.8 Å². The Morgan fingerprint density at radius 3 is 3.05 bits per heavy atom. The molecule has 1 saturated heterocycles. The van der Waals surface area contributed by atoms with Crippen LogP contribution >= 0.6 is 0 Å². The maximum absolute atomic E-state index is 12.4. The number of morpholine rings is 1. The van der Waals surface area contributed by atoms with E-state index in [9.17, 15) is 9.90 Å². The summed E-state index contributed by atoms with van der Waals surface area (Å²) in [5.74, 6) is -0.0253. The fraction of sp³-hybridized carbons (Fsp3) is 0.467. The van der Waals surface area contributed by atoms with E-state index < -0.39 is 0 Å². The van der Waals surface area contributed by atoms with Crippen LogP contribution in [0.4, 0.5) is 0 Å². The molecule has 1 aliphatic heterocycles. The predicted molar refractivity (Wildman–Crippen MR) is 75.7 cm³/mol. The van der Waals surface area contributed by atoms with Crippen LogP contribution in [-0.4, -0.2) is 53.0 Å². The maximum atomic E-state index is 12.4. The molecule has 0 radical (unpaired) electrons. The molecule has 0 saturated carbocycles. The van der Waals surface area contributed by atoms with E-state index in [0.717, 1.165) is 5.39 Å². The van der Waals surface area contributed by atoms with Gasteiger partial charge in [-0.15, -0.1) is 0 Å². The predicted octanol–water partition coefficient (Wildman–Crippen LogP) is 0.978. The normalized spacial score (nSPS) is 22.7. The summed E-state index contributed by atoms with van der Waals surface area (Å²) in [6.45, 7) is 2.76. The number of para-hydroxylation sites is 1. The summed E-state index contributed by atoms with van der Waals surface area (Å²) in [5.41, 5.74) is 1.33. The fourth-order valence-corrected chi connectivity index (χ4v) is 2.67. The number of amides is 1. The van der Waals surface area contributed by atoms with Gasteiger partial charge in [-0.1, -0.05) is 17.3 Å². The monoisotopic (exact) mass is 290 g/mol. The van der Waals surface area contributed by atoms with Gasteiger partial charge < -0.3 is 19.3 Å². The van der Waals surface area contributed by atoms with Gasteiger partial charge in [0.1, 0.15) is 5.69 Å². The van der Waals surface area contributed by atoms with Crippen molar-refractivity contribution >= 4 is 16.9 Å². The van der Waals surface area contributed by atoms with Gasteiger partial charge in [-0.05, 0) is 19.1 Å². The molecule has 2 heterocycles. The van der Waals surface area contributed by atoms with Crippen LogP contribution in [0.25, 0.3) is 11.0 Å². The summed E-state index contributed by atoms with van der Waals surface area (Å²) in [6, 6.07) is 7.49. The molecule has 1 fully saturated rings. The molecule has 21 heavy (non-hydrogen) atoms. The van der Waals surface area contributed by atoms with Crippen molar-refractivity contribution in [3.05, 3.63) is 30.0 Å². The van der Waals surface area contributed by atoms with E-state index in [-0.39, 0.29) is 31.1 Å². The number of benzene rings is 1. The number of nitrogens with zero attached hydrogens (tertiary/aromatic N) is 2. The molecular weight excluding hydrogens is 272 g/mol. The van der Waals surface area contributed by atoms with Gasteiger partial charge in [-0.25, -0.2) is 0 Å². The Bertz CT molecular complexity index is 639. The van der Waals surface area contributed by atoms with E-state index in [4.69, 9.17) is 9.26 Å². The van der Waals surface area contributed by atoms with Gasteiger partial charge in [-0.3, -0.25) is 4.79 Å². The quantitative estimate of drug-likeness (QED) is 0.912. The summed E-state index contributed by atoms with van der Waals surface area (Å²) in [6.07, 6.45) is -0.192. The lowest BCUT2D eigenvalue weighted by molar-refractivity contribution is -0.146. The zero-order valence-electron chi connectivity index (χ0n) is 11.9. The van der Waals surface area contributed by atoms with Gasteiger partial charge in [0.2, 0.25) is 5.91 Å². The highest BCUT2D eigenvalue weighted by atomic mass is 16.5. The van der Waals surface area contributed by atoms with E-state index in [0.29, 0.717) is 24.4 Å². The smallest absolute Gasteiger partial charge is 0.228 e. The second-order valence-corrected chi connectivity index (χ2v) is 5.35. The van der Waals surface area contributed by atoms with Crippen LogP contribution in [0.5, 0.6) is 0 Å². The van der Waals surface area contributed by atoms with Crippen molar-refractivity contribution in [2.75, 3.05) is 19.7 Å². The number of aliphatic hydroxyl groups is 1. The van der Waals surface area contributed by atoms with Crippen molar-refractivity contribution in [1.82, 2.24) is 10.1 Å². The molecule has 1 aromatic carbocycles. The molecule has 3 rings (SSSR count). The molecule has 1 aliphatic rings. The van der Waals surface area contributed by atoms with Gasteiger partial charge in [0.05, 0.1) is 25.2 Å². The van der Waals surface area contributed by atoms with Crippen molar-refractivity contribution in [2.24, 2.45) is 0 Å². The number of hydrogen-bond donors (Lipinski definition) is 1. The van der Waals surface area contributed by atoms with Gasteiger partial charge >= 0.3 is 0 Å². The highest BCUT2D eigenvalue weighted by Gasteiger charge is 2.28. The average Bonchev–Trinajstić information content (AvgIpc) is 2.90. The lowest BCUT2D eigenvalue weighted by atomic mass is 10.1. The first-order valence-corrected chi connectivity index (χ1v) is 7.04. The highest BCUT2D eigenvalue weighted by molar-refractivity contribution is 5.86. The Kier molecular flexibility index (Phi) is 3.90. The number of rotatable bonds is 3. The number of aromatic nitrogens is 1. The lowest BCUT2D eigenvalue weighted by Gasteiger charge is -2.36. The molecule has 6 nitrogen and oxygen atoms in total. The highest BCUT2D eigenvalue weighted by Crippen LogP contribution is 2.19. The minimum atomic E-state index is -0.313. The Hall–Kier alpha value is -1.92. The first kappa shape index (κ1) is 14.0. The minimum Gasteiger partial charge on any atom is -0.394 e. The molecule has 0 spiro atoms. The van der Waals surface area contributed by atoms with Crippen molar-refractivity contribution < 1.29 is 19.2 Å². The van der Waals surface area contributed by atoms with Gasteiger partial charge in [0, 0.05) is 18.5 Å². The number of ether oxygens (including phenoxy) is 1. The average molecular weight is 290 g/mol. The van der Waals surface area contributed by atoms with Crippen LogP contribution in [0.1, 0.15) is 12.6 Å². The van der Waals surface area contributed by atoms with Crippen molar-refractivity contribution in [2.45, 2.75) is 25.6 Å². The molecule has 0 bridgehead atoms. The van der Waals surface area contributed by atoms with E-state index in [1.807, 2.05) is 31.2 Å². The van der Waals surface area contributed by atoms with Crippen LogP contribution in [0.2, 0.25) is 0 Å². The zero-order chi connectivity index (χ0) is 14.8. The third-order valence-electron chi connectivity index (χ3n) is 3.65. The van der Waals surface area contributed by atoms with Crippen molar-refractivity contribution in [1.29, 1.82) is 0 Å². The number of fused-ring (bicyclic) bond motifs is 1. The Labute approximate surface area is 122 Å².